The fourth-order valence-corrected chi connectivity index (χ4v) is 2.89. The fraction of sp³-hybridized carbons (Fsp3) is 0.500. The lowest BCUT2D eigenvalue weighted by Gasteiger charge is -2.36. The van der Waals surface area contributed by atoms with Crippen LogP contribution < -0.4 is 4.74 Å². The molecule has 1 saturated heterocycles. The molecule has 0 radical (unpaired) electrons. The van der Waals surface area contributed by atoms with E-state index in [-0.39, 0.29) is 31.8 Å². The number of hydrogen-bond acceptors (Lipinski definition) is 5. The van der Waals surface area contributed by atoms with E-state index in [4.69, 9.17) is 9.84 Å². The lowest BCUT2D eigenvalue weighted by molar-refractivity contribution is -0.166. The van der Waals surface area contributed by atoms with Crippen molar-refractivity contribution in [3.8, 4) is 5.75 Å². The van der Waals surface area contributed by atoms with Crippen LogP contribution in [-0.4, -0.2) is 58.0 Å². The molecular weight excluding hydrogens is 318 g/mol. The molecule has 126 valence electrons. The first-order valence-electron chi connectivity index (χ1n) is 7.41. The third-order valence-electron chi connectivity index (χ3n) is 4.02. The quantitative estimate of drug-likeness (QED) is 0.793. The number of carboxylic acid groups (broad SMARTS) is 1. The number of carbonyl (C=O) groups excluding carboxylic acids is 1. The standard InChI is InChI=1S/C16H21NO5S/c1-11(22-12-3-5-13(23-2)6-4-12)14(18)17-9-7-16(21,8-10-17)15(19)20/h3-6,11,21H,7-10H2,1-2H3,(H,19,20). The normalized spacial score (nSPS) is 18.3. The highest BCUT2D eigenvalue weighted by Gasteiger charge is 2.41. The number of nitrogens with zero attached hydrogens (tertiary/aromatic N) is 1. The molecule has 1 heterocycles. The zero-order valence-corrected chi connectivity index (χ0v) is 14.0. The van der Waals surface area contributed by atoms with Gasteiger partial charge < -0.3 is 19.8 Å². The molecule has 1 atom stereocenters. The number of piperidine rings is 1. The van der Waals surface area contributed by atoms with Gasteiger partial charge in [0.1, 0.15) is 5.75 Å². The number of aliphatic hydroxyl groups is 1. The van der Waals surface area contributed by atoms with E-state index >= 15 is 0 Å². The van der Waals surface area contributed by atoms with Gasteiger partial charge >= 0.3 is 5.97 Å². The van der Waals surface area contributed by atoms with E-state index in [0.717, 1.165) is 4.90 Å². The van der Waals surface area contributed by atoms with Crippen LogP contribution in [0.3, 0.4) is 0 Å². The van der Waals surface area contributed by atoms with E-state index < -0.39 is 17.7 Å². The number of hydrogen-bond donors (Lipinski definition) is 2. The first kappa shape index (κ1) is 17.6. The van der Waals surface area contributed by atoms with Gasteiger partial charge in [0, 0.05) is 30.8 Å². The molecule has 1 amide bonds. The smallest absolute Gasteiger partial charge is 0.335 e. The Hall–Kier alpha value is -1.73. The van der Waals surface area contributed by atoms with Crippen molar-refractivity contribution < 1.29 is 24.5 Å². The monoisotopic (exact) mass is 339 g/mol. The van der Waals surface area contributed by atoms with Gasteiger partial charge in [0.25, 0.3) is 5.91 Å². The van der Waals surface area contributed by atoms with E-state index in [2.05, 4.69) is 0 Å². The topological polar surface area (TPSA) is 87.1 Å². The summed E-state index contributed by atoms with van der Waals surface area (Å²) in [4.78, 5) is 26.0. The Labute approximate surface area is 139 Å². The maximum Gasteiger partial charge on any atom is 0.335 e. The maximum atomic E-state index is 12.4. The zero-order valence-electron chi connectivity index (χ0n) is 13.2. The minimum absolute atomic E-state index is 0.0310. The summed E-state index contributed by atoms with van der Waals surface area (Å²) in [6, 6.07) is 7.47. The second-order valence-corrected chi connectivity index (χ2v) is 6.48. The summed E-state index contributed by atoms with van der Waals surface area (Å²) in [6.07, 6.45) is 1.38. The number of ether oxygens (including phenoxy) is 1. The fourth-order valence-electron chi connectivity index (χ4n) is 2.48. The SMILES string of the molecule is CSc1ccc(OC(C)C(=O)N2CCC(O)(C(=O)O)CC2)cc1. The molecule has 2 rings (SSSR count). The van der Waals surface area contributed by atoms with Gasteiger partial charge in [0.2, 0.25) is 0 Å². The largest absolute Gasteiger partial charge is 0.481 e. The third kappa shape index (κ3) is 4.17. The summed E-state index contributed by atoms with van der Waals surface area (Å²) in [5.74, 6) is -0.822. The molecule has 6 nitrogen and oxygen atoms in total. The number of benzene rings is 1. The minimum atomic E-state index is -1.73. The van der Waals surface area contributed by atoms with Crippen molar-refractivity contribution in [3.63, 3.8) is 0 Å². The van der Waals surface area contributed by atoms with Gasteiger partial charge in [-0.25, -0.2) is 4.79 Å². The Balaban J connectivity index is 1.91. The van der Waals surface area contributed by atoms with Crippen molar-refractivity contribution in [2.75, 3.05) is 19.3 Å². The number of rotatable bonds is 5. The predicted molar refractivity (Wildman–Crippen MR) is 86.7 cm³/mol. The summed E-state index contributed by atoms with van der Waals surface area (Å²) in [7, 11) is 0. The number of thioether (sulfide) groups is 1. The molecule has 0 aromatic heterocycles. The summed E-state index contributed by atoms with van der Waals surface area (Å²) >= 11 is 1.63. The molecule has 1 aromatic rings. The molecule has 0 saturated carbocycles. The highest BCUT2D eigenvalue weighted by Crippen LogP contribution is 2.24. The van der Waals surface area contributed by atoms with Crippen LogP contribution >= 0.6 is 11.8 Å². The molecule has 0 aliphatic carbocycles. The predicted octanol–water partition coefficient (Wildman–Crippen LogP) is 1.61. The second kappa shape index (κ2) is 7.23. The zero-order chi connectivity index (χ0) is 17.0. The van der Waals surface area contributed by atoms with Gasteiger partial charge in [0.05, 0.1) is 0 Å². The third-order valence-corrected chi connectivity index (χ3v) is 4.76. The van der Waals surface area contributed by atoms with Gasteiger partial charge in [0.15, 0.2) is 11.7 Å². The van der Waals surface area contributed by atoms with Crippen molar-refractivity contribution in [3.05, 3.63) is 24.3 Å². The number of carbonyl (C=O) groups is 2. The molecule has 23 heavy (non-hydrogen) atoms. The van der Waals surface area contributed by atoms with Gasteiger partial charge in [-0.3, -0.25) is 4.79 Å². The molecule has 2 N–H and O–H groups in total. The molecule has 7 heteroatoms. The highest BCUT2D eigenvalue weighted by molar-refractivity contribution is 7.98. The summed E-state index contributed by atoms with van der Waals surface area (Å²) in [5, 5.41) is 18.9. The van der Waals surface area contributed by atoms with Crippen LogP contribution in [0, 0.1) is 0 Å². The average molecular weight is 339 g/mol. The Morgan fingerprint density at radius 3 is 2.30 bits per heavy atom. The molecular formula is C16H21NO5S. The summed E-state index contributed by atoms with van der Waals surface area (Å²) in [6.45, 7) is 2.09. The van der Waals surface area contributed by atoms with E-state index in [0.29, 0.717) is 5.75 Å². The summed E-state index contributed by atoms with van der Waals surface area (Å²) in [5.41, 5.74) is -1.73. The Kier molecular flexibility index (Phi) is 5.54. The van der Waals surface area contributed by atoms with Crippen molar-refractivity contribution >= 4 is 23.6 Å². The van der Waals surface area contributed by atoms with E-state index in [1.165, 1.54) is 0 Å². The van der Waals surface area contributed by atoms with Gasteiger partial charge in [-0.1, -0.05) is 0 Å². The van der Waals surface area contributed by atoms with E-state index in [9.17, 15) is 14.7 Å². The number of carboxylic acids is 1. The number of amides is 1. The Bertz CT molecular complexity index is 566. The lowest BCUT2D eigenvalue weighted by atomic mass is 9.91. The summed E-state index contributed by atoms with van der Waals surface area (Å²) < 4.78 is 5.65. The first-order valence-corrected chi connectivity index (χ1v) is 8.63. The Morgan fingerprint density at radius 2 is 1.83 bits per heavy atom. The number of aliphatic carboxylic acids is 1. The molecule has 1 aromatic carbocycles. The molecule has 1 unspecified atom stereocenters. The minimum Gasteiger partial charge on any atom is -0.481 e. The molecule has 1 fully saturated rings. The van der Waals surface area contributed by atoms with Crippen LogP contribution in [0.5, 0.6) is 5.75 Å². The van der Waals surface area contributed by atoms with Gasteiger partial charge in [-0.05, 0) is 37.4 Å². The first-order chi connectivity index (χ1) is 10.9. The molecule has 0 spiro atoms. The number of likely N-dealkylation sites (tertiary alicyclic amines) is 1. The highest BCUT2D eigenvalue weighted by atomic mass is 32.2. The maximum absolute atomic E-state index is 12.4. The average Bonchev–Trinajstić information content (AvgIpc) is 2.55. The van der Waals surface area contributed by atoms with E-state index in [1.807, 2.05) is 30.5 Å². The van der Waals surface area contributed by atoms with Crippen molar-refractivity contribution in [1.82, 2.24) is 4.90 Å². The molecule has 1 aliphatic rings. The lowest BCUT2D eigenvalue weighted by Crippen LogP contribution is -2.53. The van der Waals surface area contributed by atoms with Crippen LogP contribution in [0.25, 0.3) is 0 Å². The van der Waals surface area contributed by atoms with Crippen LogP contribution in [0.15, 0.2) is 29.2 Å². The van der Waals surface area contributed by atoms with Crippen LogP contribution in [0.2, 0.25) is 0 Å². The van der Waals surface area contributed by atoms with Crippen molar-refractivity contribution in [2.45, 2.75) is 36.4 Å². The van der Waals surface area contributed by atoms with Crippen LogP contribution in [0.4, 0.5) is 0 Å². The molecule has 0 bridgehead atoms. The van der Waals surface area contributed by atoms with Crippen molar-refractivity contribution in [1.29, 1.82) is 0 Å². The second-order valence-electron chi connectivity index (χ2n) is 5.60. The van der Waals surface area contributed by atoms with E-state index in [1.54, 1.807) is 23.6 Å². The van der Waals surface area contributed by atoms with Crippen LogP contribution in [-0.2, 0) is 9.59 Å². The van der Waals surface area contributed by atoms with Crippen LogP contribution in [0.1, 0.15) is 19.8 Å². The molecule has 1 aliphatic heterocycles. The van der Waals surface area contributed by atoms with Gasteiger partial charge in [-0.2, -0.15) is 0 Å². The Morgan fingerprint density at radius 1 is 1.26 bits per heavy atom. The van der Waals surface area contributed by atoms with Crippen molar-refractivity contribution in [2.24, 2.45) is 0 Å². The van der Waals surface area contributed by atoms with Gasteiger partial charge in [-0.15, -0.1) is 11.8 Å².